The highest BCUT2D eigenvalue weighted by molar-refractivity contribution is 5.69. The second-order valence-electron chi connectivity index (χ2n) is 8.44. The molecule has 2 aromatic rings. The van der Waals surface area contributed by atoms with Gasteiger partial charge in [-0.15, -0.1) is 0 Å². The zero-order valence-electron chi connectivity index (χ0n) is 17.8. The minimum absolute atomic E-state index is 0.134. The third kappa shape index (κ3) is 5.49. The van der Waals surface area contributed by atoms with Gasteiger partial charge in [0.1, 0.15) is 17.1 Å². The van der Waals surface area contributed by atoms with Crippen molar-refractivity contribution in [2.24, 2.45) is 0 Å². The van der Waals surface area contributed by atoms with Crippen LogP contribution in [0.15, 0.2) is 42.5 Å². The Hall–Kier alpha value is -3.30. The number of nitro benzene ring substituents is 1. The number of non-ortho nitro benzene ring substituents is 1. The van der Waals surface area contributed by atoms with E-state index in [1.165, 1.54) is 35.2 Å². The first-order valence-electron chi connectivity index (χ1n) is 9.98. The van der Waals surface area contributed by atoms with Crippen molar-refractivity contribution in [1.29, 1.82) is 0 Å². The molecule has 172 valence electrons. The molecule has 1 aliphatic rings. The Morgan fingerprint density at radius 1 is 1.12 bits per heavy atom. The monoisotopic (exact) mass is 452 g/mol. The molecule has 0 saturated carbocycles. The molecule has 1 heterocycles. The molecule has 1 aliphatic heterocycles. The molecule has 0 aromatic heterocycles. The Balaban J connectivity index is 1.94. The normalized spacial score (nSPS) is 16.7. The lowest BCUT2D eigenvalue weighted by Gasteiger charge is -2.29. The second-order valence-corrected chi connectivity index (χ2v) is 8.44. The smallest absolute Gasteiger partial charge is 0.416 e. The van der Waals surface area contributed by atoms with Crippen molar-refractivity contribution in [3.63, 3.8) is 0 Å². The van der Waals surface area contributed by atoms with E-state index in [1.54, 1.807) is 20.8 Å². The third-order valence-corrected chi connectivity index (χ3v) is 4.85. The van der Waals surface area contributed by atoms with Crippen molar-refractivity contribution in [2.45, 2.75) is 51.4 Å². The third-order valence-electron chi connectivity index (χ3n) is 4.85. The predicted octanol–water partition coefficient (Wildman–Crippen LogP) is 6.48. The van der Waals surface area contributed by atoms with Crippen molar-refractivity contribution in [3.05, 3.63) is 63.7 Å². The predicted molar refractivity (Wildman–Crippen MR) is 110 cm³/mol. The lowest BCUT2D eigenvalue weighted by Crippen LogP contribution is -2.36. The summed E-state index contributed by atoms with van der Waals surface area (Å²) in [6.07, 6.45) is -3.84. The van der Waals surface area contributed by atoms with Crippen LogP contribution >= 0.6 is 0 Å². The van der Waals surface area contributed by atoms with Crippen LogP contribution in [0.1, 0.15) is 50.8 Å². The minimum Gasteiger partial charge on any atom is -0.457 e. The number of hydrogen-bond donors (Lipinski definition) is 0. The van der Waals surface area contributed by atoms with Crippen molar-refractivity contribution in [3.8, 4) is 11.5 Å². The van der Waals surface area contributed by atoms with Crippen molar-refractivity contribution >= 4 is 11.8 Å². The van der Waals surface area contributed by atoms with Gasteiger partial charge >= 0.3 is 12.3 Å². The van der Waals surface area contributed by atoms with Crippen LogP contribution in [0.4, 0.5) is 23.7 Å². The number of nitrogens with zero attached hydrogens (tertiary/aromatic N) is 2. The highest BCUT2D eigenvalue weighted by atomic mass is 19.4. The number of carbonyl (C=O) groups excluding carboxylic acids is 1. The molecule has 7 nitrogen and oxygen atoms in total. The van der Waals surface area contributed by atoms with Gasteiger partial charge in [0, 0.05) is 24.2 Å². The molecule has 1 atom stereocenters. The van der Waals surface area contributed by atoms with Crippen molar-refractivity contribution in [1.82, 2.24) is 4.90 Å². The SMILES string of the molecule is CC(C)(C)OC(=O)N1CCCC1c1cc([N+](=O)[O-])ccc1Oc1ccc(C(F)(F)F)cc1. The van der Waals surface area contributed by atoms with E-state index in [2.05, 4.69) is 0 Å². The van der Waals surface area contributed by atoms with E-state index in [0.29, 0.717) is 24.9 Å². The minimum atomic E-state index is -4.48. The Morgan fingerprint density at radius 3 is 2.34 bits per heavy atom. The van der Waals surface area contributed by atoms with Gasteiger partial charge in [-0.2, -0.15) is 13.2 Å². The Morgan fingerprint density at radius 2 is 1.78 bits per heavy atom. The molecule has 1 unspecified atom stereocenters. The number of amides is 1. The quantitative estimate of drug-likeness (QED) is 0.392. The van der Waals surface area contributed by atoms with Gasteiger partial charge in [0.25, 0.3) is 5.69 Å². The largest absolute Gasteiger partial charge is 0.457 e. The summed E-state index contributed by atoms with van der Waals surface area (Å²) in [4.78, 5) is 24.9. The number of likely N-dealkylation sites (tertiary alicyclic amines) is 1. The number of nitro groups is 1. The van der Waals surface area contributed by atoms with Crippen LogP contribution in [0, 0.1) is 10.1 Å². The molecule has 10 heteroatoms. The molecular formula is C22H23F3N2O5. The number of hydrogen-bond acceptors (Lipinski definition) is 5. The summed E-state index contributed by atoms with van der Waals surface area (Å²) in [5.41, 5.74) is -1.33. The maximum atomic E-state index is 12.8. The topological polar surface area (TPSA) is 81.9 Å². The first-order chi connectivity index (χ1) is 14.8. The van der Waals surface area contributed by atoms with Crippen LogP contribution in [0.2, 0.25) is 0 Å². The van der Waals surface area contributed by atoms with E-state index >= 15 is 0 Å². The number of rotatable bonds is 4. The first-order valence-corrected chi connectivity index (χ1v) is 9.98. The van der Waals surface area contributed by atoms with Gasteiger partial charge in [-0.1, -0.05) is 0 Å². The summed E-state index contributed by atoms with van der Waals surface area (Å²) in [5.74, 6) is 0.353. The average molecular weight is 452 g/mol. The second kappa shape index (κ2) is 8.68. The molecule has 1 amide bonds. The molecule has 32 heavy (non-hydrogen) atoms. The first kappa shape index (κ1) is 23.4. The van der Waals surface area contributed by atoms with Crippen LogP contribution < -0.4 is 4.74 Å². The summed E-state index contributed by atoms with van der Waals surface area (Å²) in [5, 5.41) is 11.3. The molecule has 2 aromatic carbocycles. The fraction of sp³-hybridized carbons (Fsp3) is 0.409. The van der Waals surface area contributed by atoms with Crippen LogP contribution in [-0.4, -0.2) is 28.1 Å². The summed E-state index contributed by atoms with van der Waals surface area (Å²) >= 11 is 0. The summed E-state index contributed by atoms with van der Waals surface area (Å²) in [6.45, 7) is 5.62. The molecule has 0 radical (unpaired) electrons. The van der Waals surface area contributed by atoms with Gasteiger partial charge in [-0.05, 0) is 63.9 Å². The Kier molecular flexibility index (Phi) is 6.34. The number of benzene rings is 2. The van der Waals surface area contributed by atoms with Crippen LogP contribution in [0.3, 0.4) is 0 Å². The molecule has 0 spiro atoms. The van der Waals surface area contributed by atoms with Gasteiger partial charge in [0.05, 0.1) is 16.5 Å². The molecule has 3 rings (SSSR count). The molecule has 1 fully saturated rings. The molecule has 0 aliphatic carbocycles. The van der Waals surface area contributed by atoms with Crippen LogP contribution in [0.25, 0.3) is 0 Å². The zero-order chi connectivity index (χ0) is 23.7. The van der Waals surface area contributed by atoms with Gasteiger partial charge < -0.3 is 14.4 Å². The van der Waals surface area contributed by atoms with E-state index in [0.717, 1.165) is 12.1 Å². The van der Waals surface area contributed by atoms with E-state index in [9.17, 15) is 28.1 Å². The van der Waals surface area contributed by atoms with Gasteiger partial charge in [-0.3, -0.25) is 10.1 Å². The zero-order valence-corrected chi connectivity index (χ0v) is 17.8. The molecule has 0 bridgehead atoms. The van der Waals surface area contributed by atoms with E-state index in [4.69, 9.17) is 9.47 Å². The van der Waals surface area contributed by atoms with Gasteiger partial charge in [0.15, 0.2) is 0 Å². The van der Waals surface area contributed by atoms with Gasteiger partial charge in [-0.25, -0.2) is 4.79 Å². The van der Waals surface area contributed by atoms with E-state index in [1.807, 2.05) is 0 Å². The van der Waals surface area contributed by atoms with E-state index in [-0.39, 0.29) is 17.2 Å². The highest BCUT2D eigenvalue weighted by Crippen LogP contribution is 2.41. The fourth-order valence-corrected chi connectivity index (χ4v) is 3.47. The lowest BCUT2D eigenvalue weighted by molar-refractivity contribution is -0.385. The maximum absolute atomic E-state index is 12.8. The number of alkyl halides is 3. The summed E-state index contributed by atoms with van der Waals surface area (Å²) in [7, 11) is 0. The Bertz CT molecular complexity index is 1000. The van der Waals surface area contributed by atoms with Crippen LogP contribution in [-0.2, 0) is 10.9 Å². The van der Waals surface area contributed by atoms with Gasteiger partial charge in [0.2, 0.25) is 0 Å². The van der Waals surface area contributed by atoms with E-state index < -0.39 is 34.4 Å². The summed E-state index contributed by atoms with van der Waals surface area (Å²) < 4.78 is 49.7. The average Bonchev–Trinajstić information content (AvgIpc) is 3.16. The van der Waals surface area contributed by atoms with Crippen molar-refractivity contribution < 1.29 is 32.4 Å². The van der Waals surface area contributed by atoms with Crippen LogP contribution in [0.5, 0.6) is 11.5 Å². The fourth-order valence-electron chi connectivity index (χ4n) is 3.47. The standard InChI is InChI=1S/C22H23F3N2O5/c1-21(2,3)32-20(28)26-12-4-5-18(26)17-13-15(27(29)30)8-11-19(17)31-16-9-6-14(7-10-16)22(23,24)25/h6-11,13,18H,4-5,12H2,1-3H3. The van der Waals surface area contributed by atoms with Crippen molar-refractivity contribution in [2.75, 3.05) is 6.54 Å². The number of carbonyl (C=O) groups is 1. The highest BCUT2D eigenvalue weighted by Gasteiger charge is 2.36. The molecule has 0 N–H and O–H groups in total. The summed E-state index contributed by atoms with van der Waals surface area (Å²) in [6, 6.07) is 7.56. The molecule has 1 saturated heterocycles. The molecular weight excluding hydrogens is 429 g/mol. The Labute approximate surface area is 182 Å². The lowest BCUT2D eigenvalue weighted by atomic mass is 10.0. The number of ether oxygens (including phenoxy) is 2. The number of halogens is 3. The maximum Gasteiger partial charge on any atom is 0.416 e.